The van der Waals surface area contributed by atoms with Gasteiger partial charge in [0.2, 0.25) is 0 Å². The molecule has 1 atom stereocenters. The molecule has 1 unspecified atom stereocenters. The van der Waals surface area contributed by atoms with Gasteiger partial charge in [-0.15, -0.1) is 0 Å². The van der Waals surface area contributed by atoms with Crippen molar-refractivity contribution < 1.29 is 0 Å². The van der Waals surface area contributed by atoms with Crippen molar-refractivity contribution in [1.82, 2.24) is 15.1 Å². The standard InChI is InChI=1S/C13H24ClN3/c1-6-11(8-15-9(2)3)7-12-13(14)10(4)16-17(12)5/h9,11,15H,6-8H2,1-5H3. The lowest BCUT2D eigenvalue weighted by molar-refractivity contribution is 0.427. The van der Waals surface area contributed by atoms with Gasteiger partial charge in [0.1, 0.15) is 0 Å². The van der Waals surface area contributed by atoms with Gasteiger partial charge in [-0.05, 0) is 25.8 Å². The van der Waals surface area contributed by atoms with Crippen LogP contribution in [0.15, 0.2) is 0 Å². The molecule has 0 aliphatic carbocycles. The van der Waals surface area contributed by atoms with Gasteiger partial charge in [-0.1, -0.05) is 38.8 Å². The average Bonchev–Trinajstić information content (AvgIpc) is 2.49. The lowest BCUT2D eigenvalue weighted by Crippen LogP contribution is -2.30. The molecule has 4 heteroatoms. The lowest BCUT2D eigenvalue weighted by atomic mass is 9.99. The molecule has 0 aromatic carbocycles. The second kappa shape index (κ2) is 6.41. The molecule has 0 fully saturated rings. The zero-order valence-corrected chi connectivity index (χ0v) is 12.3. The fourth-order valence-corrected chi connectivity index (χ4v) is 2.18. The fraction of sp³-hybridized carbons (Fsp3) is 0.769. The van der Waals surface area contributed by atoms with Crippen LogP contribution in [0.4, 0.5) is 0 Å². The molecule has 1 aromatic rings. The maximum Gasteiger partial charge on any atom is 0.0847 e. The summed E-state index contributed by atoms with van der Waals surface area (Å²) in [6.45, 7) is 9.57. The minimum Gasteiger partial charge on any atom is -0.314 e. The first-order valence-electron chi connectivity index (χ1n) is 6.37. The van der Waals surface area contributed by atoms with Gasteiger partial charge in [-0.25, -0.2) is 0 Å². The van der Waals surface area contributed by atoms with Crippen LogP contribution in [0.1, 0.15) is 38.6 Å². The van der Waals surface area contributed by atoms with E-state index in [1.165, 1.54) is 0 Å². The summed E-state index contributed by atoms with van der Waals surface area (Å²) in [6, 6.07) is 0.535. The zero-order chi connectivity index (χ0) is 13.0. The van der Waals surface area contributed by atoms with E-state index in [2.05, 4.69) is 31.2 Å². The van der Waals surface area contributed by atoms with Crippen LogP contribution < -0.4 is 5.32 Å². The molecule has 1 heterocycles. The minimum absolute atomic E-state index is 0.535. The molecule has 0 radical (unpaired) electrons. The van der Waals surface area contributed by atoms with Gasteiger partial charge in [-0.3, -0.25) is 4.68 Å². The highest BCUT2D eigenvalue weighted by molar-refractivity contribution is 6.31. The number of hydrogen-bond donors (Lipinski definition) is 1. The molecule has 1 aromatic heterocycles. The van der Waals surface area contributed by atoms with Gasteiger partial charge in [0.25, 0.3) is 0 Å². The van der Waals surface area contributed by atoms with Gasteiger partial charge in [0, 0.05) is 13.1 Å². The lowest BCUT2D eigenvalue weighted by Gasteiger charge is -2.17. The van der Waals surface area contributed by atoms with Crippen LogP contribution >= 0.6 is 11.6 Å². The maximum atomic E-state index is 6.27. The first-order valence-corrected chi connectivity index (χ1v) is 6.74. The van der Waals surface area contributed by atoms with E-state index in [0.717, 1.165) is 35.8 Å². The van der Waals surface area contributed by atoms with Crippen LogP contribution in [0.5, 0.6) is 0 Å². The van der Waals surface area contributed by atoms with Crippen molar-refractivity contribution >= 4 is 11.6 Å². The third-order valence-electron chi connectivity index (χ3n) is 3.14. The van der Waals surface area contributed by atoms with Crippen molar-refractivity contribution in [1.29, 1.82) is 0 Å². The number of hydrogen-bond acceptors (Lipinski definition) is 2. The summed E-state index contributed by atoms with van der Waals surface area (Å²) in [5.41, 5.74) is 2.08. The number of nitrogens with one attached hydrogen (secondary N) is 1. The Morgan fingerprint density at radius 3 is 2.47 bits per heavy atom. The highest BCUT2D eigenvalue weighted by Crippen LogP contribution is 2.23. The summed E-state index contributed by atoms with van der Waals surface area (Å²) in [6.07, 6.45) is 2.15. The second-order valence-electron chi connectivity index (χ2n) is 5.01. The van der Waals surface area contributed by atoms with Crippen molar-refractivity contribution in [3.8, 4) is 0 Å². The molecule has 0 bridgehead atoms. The monoisotopic (exact) mass is 257 g/mol. The first-order chi connectivity index (χ1) is 7.95. The molecule has 0 spiro atoms. The molecule has 98 valence electrons. The Morgan fingerprint density at radius 2 is 2.06 bits per heavy atom. The van der Waals surface area contributed by atoms with Crippen molar-refractivity contribution in [3.05, 3.63) is 16.4 Å². The molecule has 0 saturated carbocycles. The van der Waals surface area contributed by atoms with Crippen LogP contribution in [-0.2, 0) is 13.5 Å². The molecule has 3 nitrogen and oxygen atoms in total. The van der Waals surface area contributed by atoms with Crippen molar-refractivity contribution in [2.45, 2.75) is 46.6 Å². The van der Waals surface area contributed by atoms with E-state index >= 15 is 0 Å². The molecular formula is C13H24ClN3. The maximum absolute atomic E-state index is 6.27. The molecule has 0 saturated heterocycles. The summed E-state index contributed by atoms with van der Waals surface area (Å²) in [7, 11) is 1.97. The van der Waals surface area contributed by atoms with E-state index in [9.17, 15) is 0 Å². The highest BCUT2D eigenvalue weighted by Gasteiger charge is 2.16. The Hall–Kier alpha value is -0.540. The predicted octanol–water partition coefficient (Wildman–Crippen LogP) is 2.95. The summed E-state index contributed by atoms with van der Waals surface area (Å²) in [5.74, 6) is 0.615. The molecular weight excluding hydrogens is 234 g/mol. The van der Waals surface area contributed by atoms with E-state index in [1.807, 2.05) is 18.7 Å². The number of aryl methyl sites for hydroxylation is 2. The first kappa shape index (κ1) is 14.5. The third kappa shape index (κ3) is 4.00. The third-order valence-corrected chi connectivity index (χ3v) is 3.63. The predicted molar refractivity (Wildman–Crippen MR) is 73.6 cm³/mol. The molecule has 0 aliphatic heterocycles. The Morgan fingerprint density at radius 1 is 1.41 bits per heavy atom. The summed E-state index contributed by atoms with van der Waals surface area (Å²) in [5, 5.41) is 8.68. The highest BCUT2D eigenvalue weighted by atomic mass is 35.5. The van der Waals surface area contributed by atoms with Gasteiger partial charge >= 0.3 is 0 Å². The van der Waals surface area contributed by atoms with Crippen LogP contribution in [0, 0.1) is 12.8 Å². The summed E-state index contributed by atoms with van der Waals surface area (Å²) in [4.78, 5) is 0. The number of rotatable bonds is 6. The Labute approximate surface area is 110 Å². The number of halogens is 1. The van der Waals surface area contributed by atoms with Crippen LogP contribution in [-0.4, -0.2) is 22.4 Å². The van der Waals surface area contributed by atoms with E-state index in [0.29, 0.717) is 12.0 Å². The largest absolute Gasteiger partial charge is 0.314 e. The average molecular weight is 258 g/mol. The molecule has 0 amide bonds. The summed E-state index contributed by atoms with van der Waals surface area (Å²) < 4.78 is 1.91. The quantitative estimate of drug-likeness (QED) is 0.849. The Bertz CT molecular complexity index is 358. The van der Waals surface area contributed by atoms with Crippen LogP contribution in [0.25, 0.3) is 0 Å². The Balaban J connectivity index is 2.67. The van der Waals surface area contributed by atoms with Gasteiger partial charge < -0.3 is 5.32 Å². The molecule has 1 rings (SSSR count). The zero-order valence-electron chi connectivity index (χ0n) is 11.5. The SMILES string of the molecule is CCC(CNC(C)C)Cc1c(Cl)c(C)nn1C. The summed E-state index contributed by atoms with van der Waals surface area (Å²) >= 11 is 6.27. The molecule has 17 heavy (non-hydrogen) atoms. The Kier molecular flexibility index (Phi) is 5.47. The number of aromatic nitrogens is 2. The van der Waals surface area contributed by atoms with E-state index in [4.69, 9.17) is 11.6 Å². The second-order valence-corrected chi connectivity index (χ2v) is 5.39. The topological polar surface area (TPSA) is 29.9 Å². The number of nitrogens with zero attached hydrogens (tertiary/aromatic N) is 2. The van der Waals surface area contributed by atoms with Crippen molar-refractivity contribution in [3.63, 3.8) is 0 Å². The van der Waals surface area contributed by atoms with Crippen molar-refractivity contribution in [2.24, 2.45) is 13.0 Å². The molecule has 0 aliphatic rings. The van der Waals surface area contributed by atoms with Gasteiger partial charge in [0.15, 0.2) is 0 Å². The molecule has 1 N–H and O–H groups in total. The minimum atomic E-state index is 0.535. The van der Waals surface area contributed by atoms with E-state index in [-0.39, 0.29) is 0 Å². The normalized spacial score (nSPS) is 13.4. The van der Waals surface area contributed by atoms with Gasteiger partial charge in [-0.2, -0.15) is 5.10 Å². The van der Waals surface area contributed by atoms with E-state index in [1.54, 1.807) is 0 Å². The van der Waals surface area contributed by atoms with Crippen molar-refractivity contribution in [2.75, 3.05) is 6.54 Å². The van der Waals surface area contributed by atoms with E-state index < -0.39 is 0 Å². The van der Waals surface area contributed by atoms with Crippen LogP contribution in [0.3, 0.4) is 0 Å². The smallest absolute Gasteiger partial charge is 0.0847 e. The van der Waals surface area contributed by atoms with Crippen LogP contribution in [0.2, 0.25) is 5.02 Å². The fourth-order valence-electron chi connectivity index (χ4n) is 1.94. The van der Waals surface area contributed by atoms with Gasteiger partial charge in [0.05, 0.1) is 16.4 Å².